The number of hydrogen-bond acceptors (Lipinski definition) is 4. The van der Waals surface area contributed by atoms with Crippen molar-refractivity contribution in [3.8, 4) is 0 Å². The second-order valence-corrected chi connectivity index (χ2v) is 5.78. The number of carbonyl (C=O) groups excluding carboxylic acids is 1. The zero-order chi connectivity index (χ0) is 14.3. The number of esters is 1. The van der Waals surface area contributed by atoms with Crippen molar-refractivity contribution in [1.29, 1.82) is 0 Å². The molecule has 1 heterocycles. The van der Waals surface area contributed by atoms with E-state index in [1.807, 2.05) is 6.92 Å². The van der Waals surface area contributed by atoms with Crippen molar-refractivity contribution in [1.82, 2.24) is 10.2 Å². The molecular formula is C15H30N2O2. The number of likely N-dealkylation sites (tertiary alicyclic amines) is 1. The van der Waals surface area contributed by atoms with Crippen molar-refractivity contribution in [2.45, 2.75) is 59.0 Å². The van der Waals surface area contributed by atoms with Crippen LogP contribution in [-0.4, -0.2) is 49.2 Å². The lowest BCUT2D eigenvalue weighted by Crippen LogP contribution is -2.50. The van der Waals surface area contributed by atoms with Gasteiger partial charge in [-0.2, -0.15) is 0 Å². The summed E-state index contributed by atoms with van der Waals surface area (Å²) in [4.78, 5) is 14.4. The van der Waals surface area contributed by atoms with E-state index >= 15 is 0 Å². The van der Waals surface area contributed by atoms with E-state index < -0.39 is 0 Å². The van der Waals surface area contributed by atoms with Crippen molar-refractivity contribution in [2.24, 2.45) is 5.92 Å². The first-order valence-electron chi connectivity index (χ1n) is 7.71. The van der Waals surface area contributed by atoms with Crippen LogP contribution in [0, 0.1) is 5.92 Å². The SMILES string of the molecule is CCOC(=O)C(CN1CCC(CC)CC1)NC(C)C. The van der Waals surface area contributed by atoms with Crippen molar-refractivity contribution >= 4 is 5.97 Å². The summed E-state index contributed by atoms with van der Waals surface area (Å²) in [5, 5.41) is 3.32. The maximum atomic E-state index is 12.0. The Hall–Kier alpha value is -0.610. The Kier molecular flexibility index (Phi) is 7.39. The largest absolute Gasteiger partial charge is 0.465 e. The van der Waals surface area contributed by atoms with Gasteiger partial charge in [-0.15, -0.1) is 0 Å². The molecule has 0 aromatic heterocycles. The molecule has 1 fully saturated rings. The van der Waals surface area contributed by atoms with Gasteiger partial charge in [0.25, 0.3) is 0 Å². The van der Waals surface area contributed by atoms with Crippen molar-refractivity contribution in [3.05, 3.63) is 0 Å². The van der Waals surface area contributed by atoms with E-state index in [2.05, 4.69) is 31.0 Å². The highest BCUT2D eigenvalue weighted by molar-refractivity contribution is 5.76. The molecule has 0 aliphatic carbocycles. The third-order valence-electron chi connectivity index (χ3n) is 3.83. The van der Waals surface area contributed by atoms with Gasteiger partial charge in [-0.05, 0) is 38.8 Å². The molecule has 1 aliphatic rings. The number of nitrogens with zero attached hydrogens (tertiary/aromatic N) is 1. The highest BCUT2D eigenvalue weighted by atomic mass is 16.5. The van der Waals surface area contributed by atoms with Crippen LogP contribution in [0.5, 0.6) is 0 Å². The van der Waals surface area contributed by atoms with Gasteiger partial charge in [-0.3, -0.25) is 4.79 Å². The van der Waals surface area contributed by atoms with Crippen molar-refractivity contribution < 1.29 is 9.53 Å². The Morgan fingerprint density at radius 1 is 1.32 bits per heavy atom. The van der Waals surface area contributed by atoms with E-state index in [0.29, 0.717) is 12.6 Å². The van der Waals surface area contributed by atoms with E-state index in [1.165, 1.54) is 19.3 Å². The number of carbonyl (C=O) groups is 1. The second-order valence-electron chi connectivity index (χ2n) is 5.78. The molecule has 1 unspecified atom stereocenters. The van der Waals surface area contributed by atoms with Crippen LogP contribution < -0.4 is 5.32 Å². The molecular weight excluding hydrogens is 240 g/mol. The zero-order valence-electron chi connectivity index (χ0n) is 12.9. The molecule has 0 amide bonds. The van der Waals surface area contributed by atoms with Crippen molar-refractivity contribution in [3.63, 3.8) is 0 Å². The summed E-state index contributed by atoms with van der Waals surface area (Å²) in [5.74, 6) is 0.754. The molecule has 0 bridgehead atoms. The third-order valence-corrected chi connectivity index (χ3v) is 3.83. The lowest BCUT2D eigenvalue weighted by molar-refractivity contribution is -0.146. The van der Waals surface area contributed by atoms with Crippen LogP contribution in [0.15, 0.2) is 0 Å². The number of ether oxygens (including phenoxy) is 1. The van der Waals surface area contributed by atoms with Crippen LogP contribution in [0.4, 0.5) is 0 Å². The summed E-state index contributed by atoms with van der Waals surface area (Å²) >= 11 is 0. The molecule has 19 heavy (non-hydrogen) atoms. The van der Waals surface area contributed by atoms with Gasteiger partial charge in [0.05, 0.1) is 6.61 Å². The van der Waals surface area contributed by atoms with Crippen LogP contribution in [0.1, 0.15) is 47.0 Å². The summed E-state index contributed by atoms with van der Waals surface area (Å²) in [6.07, 6.45) is 3.79. The molecule has 0 saturated carbocycles. The van der Waals surface area contributed by atoms with E-state index in [0.717, 1.165) is 25.6 Å². The van der Waals surface area contributed by atoms with Gasteiger partial charge < -0.3 is 15.0 Å². The van der Waals surface area contributed by atoms with Gasteiger partial charge in [0.1, 0.15) is 6.04 Å². The van der Waals surface area contributed by atoms with Crippen LogP contribution >= 0.6 is 0 Å². The molecule has 4 nitrogen and oxygen atoms in total. The smallest absolute Gasteiger partial charge is 0.324 e. The van der Waals surface area contributed by atoms with Crippen LogP contribution in [0.25, 0.3) is 0 Å². The summed E-state index contributed by atoms with van der Waals surface area (Å²) in [5.41, 5.74) is 0. The molecule has 0 aromatic carbocycles. The summed E-state index contributed by atoms with van der Waals surface area (Å²) in [6, 6.07) is 0.0979. The quantitative estimate of drug-likeness (QED) is 0.719. The lowest BCUT2D eigenvalue weighted by atomic mass is 9.94. The fourth-order valence-corrected chi connectivity index (χ4v) is 2.68. The summed E-state index contributed by atoms with van der Waals surface area (Å²) < 4.78 is 5.16. The highest BCUT2D eigenvalue weighted by Gasteiger charge is 2.26. The molecule has 1 N–H and O–H groups in total. The molecule has 0 radical (unpaired) electrons. The number of hydrogen-bond donors (Lipinski definition) is 1. The number of piperidine rings is 1. The van der Waals surface area contributed by atoms with Gasteiger partial charge in [-0.1, -0.05) is 27.2 Å². The molecule has 1 saturated heterocycles. The minimum absolute atomic E-state index is 0.117. The first-order chi connectivity index (χ1) is 9.06. The molecule has 112 valence electrons. The molecule has 1 aliphatic heterocycles. The summed E-state index contributed by atoms with van der Waals surface area (Å²) in [7, 11) is 0. The molecule has 0 aromatic rings. The predicted octanol–water partition coefficient (Wildman–Crippen LogP) is 2.04. The zero-order valence-corrected chi connectivity index (χ0v) is 12.9. The van der Waals surface area contributed by atoms with E-state index in [1.54, 1.807) is 0 Å². The molecule has 1 atom stereocenters. The number of nitrogens with one attached hydrogen (secondary N) is 1. The predicted molar refractivity (Wildman–Crippen MR) is 78.1 cm³/mol. The highest BCUT2D eigenvalue weighted by Crippen LogP contribution is 2.20. The third kappa shape index (κ3) is 5.91. The van der Waals surface area contributed by atoms with Crippen LogP contribution in [-0.2, 0) is 9.53 Å². The minimum atomic E-state index is -0.196. The van der Waals surface area contributed by atoms with Gasteiger partial charge in [-0.25, -0.2) is 0 Å². The van der Waals surface area contributed by atoms with Crippen molar-refractivity contribution in [2.75, 3.05) is 26.2 Å². The molecule has 4 heteroatoms. The Labute approximate surface area is 117 Å². The fraction of sp³-hybridized carbons (Fsp3) is 0.933. The normalized spacial score (nSPS) is 19.6. The van der Waals surface area contributed by atoms with E-state index in [-0.39, 0.29) is 12.0 Å². The Bertz CT molecular complexity index is 261. The van der Waals surface area contributed by atoms with Gasteiger partial charge >= 0.3 is 5.97 Å². The standard InChI is InChI=1S/C15H30N2O2/c1-5-13-7-9-17(10-8-13)11-14(16-12(3)4)15(18)19-6-2/h12-14,16H,5-11H2,1-4H3. The van der Waals surface area contributed by atoms with Gasteiger partial charge in [0.2, 0.25) is 0 Å². The maximum absolute atomic E-state index is 12.0. The Morgan fingerprint density at radius 2 is 1.95 bits per heavy atom. The Morgan fingerprint density at radius 3 is 2.42 bits per heavy atom. The first-order valence-corrected chi connectivity index (χ1v) is 7.71. The lowest BCUT2D eigenvalue weighted by Gasteiger charge is -2.34. The topological polar surface area (TPSA) is 41.6 Å². The average molecular weight is 270 g/mol. The first kappa shape index (κ1) is 16.4. The van der Waals surface area contributed by atoms with Crippen LogP contribution in [0.3, 0.4) is 0 Å². The number of rotatable bonds is 7. The molecule has 0 spiro atoms. The molecule has 1 rings (SSSR count). The summed E-state index contributed by atoms with van der Waals surface area (Å²) in [6.45, 7) is 11.7. The fourth-order valence-electron chi connectivity index (χ4n) is 2.68. The maximum Gasteiger partial charge on any atom is 0.324 e. The van der Waals surface area contributed by atoms with E-state index in [9.17, 15) is 4.79 Å². The minimum Gasteiger partial charge on any atom is -0.465 e. The Balaban J connectivity index is 2.45. The van der Waals surface area contributed by atoms with Gasteiger partial charge in [0.15, 0.2) is 0 Å². The van der Waals surface area contributed by atoms with Crippen LogP contribution in [0.2, 0.25) is 0 Å². The van der Waals surface area contributed by atoms with Gasteiger partial charge in [0, 0.05) is 12.6 Å². The van der Waals surface area contributed by atoms with E-state index in [4.69, 9.17) is 4.74 Å². The average Bonchev–Trinajstić information content (AvgIpc) is 2.38. The second kappa shape index (κ2) is 8.54. The monoisotopic (exact) mass is 270 g/mol.